The highest BCUT2D eigenvalue weighted by atomic mass is 35.5. The maximum atomic E-state index is 11.9. The normalized spacial score (nSPS) is 12.8. The standard InChI is InChI=1S/C8H6ClF3O3S/c9-7-3-1-6(2-4-7)5-15-16(13,14)8(10,11)12/h1-4H,5H2. The van der Waals surface area contributed by atoms with E-state index >= 15 is 0 Å². The van der Waals surface area contributed by atoms with Gasteiger partial charge in [0, 0.05) is 5.02 Å². The molecule has 0 unspecified atom stereocenters. The van der Waals surface area contributed by atoms with Gasteiger partial charge in [0.25, 0.3) is 0 Å². The van der Waals surface area contributed by atoms with Crippen LogP contribution in [0.2, 0.25) is 5.02 Å². The molecular formula is C8H6ClF3O3S. The van der Waals surface area contributed by atoms with Crippen LogP contribution in [0.15, 0.2) is 24.3 Å². The van der Waals surface area contributed by atoms with Crippen LogP contribution in [0.4, 0.5) is 13.2 Å². The van der Waals surface area contributed by atoms with Crippen LogP contribution in [0.25, 0.3) is 0 Å². The Morgan fingerprint density at radius 2 is 1.69 bits per heavy atom. The lowest BCUT2D eigenvalue weighted by atomic mass is 10.2. The molecule has 3 nitrogen and oxygen atoms in total. The van der Waals surface area contributed by atoms with Gasteiger partial charge in [-0.25, -0.2) is 0 Å². The van der Waals surface area contributed by atoms with Gasteiger partial charge in [-0.2, -0.15) is 21.6 Å². The summed E-state index contributed by atoms with van der Waals surface area (Å²) in [6.45, 7) is -0.682. The molecule has 0 aliphatic carbocycles. The molecule has 0 radical (unpaired) electrons. The van der Waals surface area contributed by atoms with Crippen LogP contribution in [0.3, 0.4) is 0 Å². The Balaban J connectivity index is 2.69. The summed E-state index contributed by atoms with van der Waals surface area (Å²) in [6, 6.07) is 5.57. The van der Waals surface area contributed by atoms with E-state index in [-0.39, 0.29) is 5.56 Å². The van der Waals surface area contributed by atoms with Crippen molar-refractivity contribution >= 4 is 21.7 Å². The molecule has 0 aliphatic heterocycles. The first-order chi connectivity index (χ1) is 7.22. The van der Waals surface area contributed by atoms with Crippen LogP contribution in [0.5, 0.6) is 0 Å². The minimum atomic E-state index is -5.54. The second-order valence-electron chi connectivity index (χ2n) is 2.79. The fourth-order valence-corrected chi connectivity index (χ4v) is 1.34. The Morgan fingerprint density at radius 1 is 1.19 bits per heavy atom. The molecule has 0 N–H and O–H groups in total. The van der Waals surface area contributed by atoms with Crippen molar-refractivity contribution < 1.29 is 25.8 Å². The maximum Gasteiger partial charge on any atom is 0.523 e. The molecule has 1 aromatic carbocycles. The zero-order valence-corrected chi connectivity index (χ0v) is 9.23. The highest BCUT2D eigenvalue weighted by molar-refractivity contribution is 7.87. The first kappa shape index (κ1) is 13.3. The third-order valence-corrected chi connectivity index (χ3v) is 2.82. The van der Waals surface area contributed by atoms with Gasteiger partial charge in [-0.1, -0.05) is 23.7 Å². The molecule has 0 saturated heterocycles. The van der Waals surface area contributed by atoms with Gasteiger partial charge in [0.05, 0.1) is 6.61 Å². The number of hydrogen-bond donors (Lipinski definition) is 0. The van der Waals surface area contributed by atoms with E-state index in [1.54, 1.807) is 0 Å². The molecule has 0 spiro atoms. The van der Waals surface area contributed by atoms with E-state index in [4.69, 9.17) is 11.6 Å². The van der Waals surface area contributed by atoms with Crippen LogP contribution in [-0.4, -0.2) is 13.9 Å². The Kier molecular flexibility index (Phi) is 3.82. The molecule has 90 valence electrons. The van der Waals surface area contributed by atoms with Crippen molar-refractivity contribution in [3.8, 4) is 0 Å². The second-order valence-corrected chi connectivity index (χ2v) is 4.83. The summed E-state index contributed by atoms with van der Waals surface area (Å²) in [6.07, 6.45) is 0. The monoisotopic (exact) mass is 274 g/mol. The van der Waals surface area contributed by atoms with Gasteiger partial charge in [-0.3, -0.25) is 4.18 Å². The average molecular weight is 275 g/mol. The van der Waals surface area contributed by atoms with Crippen LogP contribution in [0.1, 0.15) is 5.56 Å². The molecule has 1 aromatic rings. The number of benzene rings is 1. The van der Waals surface area contributed by atoms with Crippen molar-refractivity contribution in [2.24, 2.45) is 0 Å². The van der Waals surface area contributed by atoms with Gasteiger partial charge in [0.2, 0.25) is 0 Å². The summed E-state index contributed by atoms with van der Waals surface area (Å²) >= 11 is 5.54. The zero-order chi connectivity index (χ0) is 12.4. The topological polar surface area (TPSA) is 43.4 Å². The molecule has 16 heavy (non-hydrogen) atoms. The summed E-state index contributed by atoms with van der Waals surface area (Å²) in [5.74, 6) is 0. The number of halogens is 4. The fourth-order valence-electron chi connectivity index (χ4n) is 0.793. The maximum absolute atomic E-state index is 11.9. The lowest BCUT2D eigenvalue weighted by Crippen LogP contribution is -2.25. The van der Waals surface area contributed by atoms with Crippen LogP contribution >= 0.6 is 11.6 Å². The van der Waals surface area contributed by atoms with Crippen molar-refractivity contribution in [2.45, 2.75) is 12.1 Å². The molecule has 0 amide bonds. The van der Waals surface area contributed by atoms with Gasteiger partial charge in [0.15, 0.2) is 0 Å². The van der Waals surface area contributed by atoms with E-state index in [1.165, 1.54) is 24.3 Å². The van der Waals surface area contributed by atoms with Crippen molar-refractivity contribution in [1.82, 2.24) is 0 Å². The Bertz CT molecular complexity index is 452. The summed E-state index contributed by atoms with van der Waals surface area (Å²) in [4.78, 5) is 0. The molecule has 1 rings (SSSR count). The molecular weight excluding hydrogens is 269 g/mol. The summed E-state index contributed by atoms with van der Waals surface area (Å²) in [5.41, 5.74) is -5.13. The summed E-state index contributed by atoms with van der Waals surface area (Å²) in [5, 5.41) is 0.391. The summed E-state index contributed by atoms with van der Waals surface area (Å²) in [7, 11) is -5.54. The first-order valence-corrected chi connectivity index (χ1v) is 5.71. The van der Waals surface area contributed by atoms with Gasteiger partial charge < -0.3 is 0 Å². The Morgan fingerprint density at radius 3 is 2.12 bits per heavy atom. The number of hydrogen-bond acceptors (Lipinski definition) is 3. The van der Waals surface area contributed by atoms with Crippen LogP contribution in [-0.2, 0) is 20.9 Å². The minimum absolute atomic E-state index is 0.275. The largest absolute Gasteiger partial charge is 0.523 e. The van der Waals surface area contributed by atoms with Crippen LogP contribution < -0.4 is 0 Å². The van der Waals surface area contributed by atoms with E-state index < -0.39 is 22.2 Å². The van der Waals surface area contributed by atoms with E-state index in [9.17, 15) is 21.6 Å². The number of rotatable bonds is 3. The van der Waals surface area contributed by atoms with Crippen LogP contribution in [0, 0.1) is 0 Å². The molecule has 0 saturated carbocycles. The van der Waals surface area contributed by atoms with Crippen molar-refractivity contribution in [3.63, 3.8) is 0 Å². The molecule has 0 aromatic heterocycles. The summed E-state index contributed by atoms with van der Waals surface area (Å²) < 4.78 is 60.5. The zero-order valence-electron chi connectivity index (χ0n) is 7.66. The fraction of sp³-hybridized carbons (Fsp3) is 0.250. The predicted octanol–water partition coefficient (Wildman–Crippen LogP) is 2.71. The lowest BCUT2D eigenvalue weighted by Gasteiger charge is -2.08. The molecule has 0 fully saturated rings. The van der Waals surface area contributed by atoms with Gasteiger partial charge in [-0.05, 0) is 17.7 Å². The molecule has 0 bridgehead atoms. The molecule has 0 heterocycles. The Labute approximate surface area is 94.9 Å². The highest BCUT2D eigenvalue weighted by Crippen LogP contribution is 2.25. The van der Waals surface area contributed by atoms with Crippen molar-refractivity contribution in [2.75, 3.05) is 0 Å². The number of alkyl halides is 3. The van der Waals surface area contributed by atoms with E-state index in [2.05, 4.69) is 4.18 Å². The quantitative estimate of drug-likeness (QED) is 0.629. The second kappa shape index (κ2) is 4.60. The van der Waals surface area contributed by atoms with E-state index in [1.807, 2.05) is 0 Å². The van der Waals surface area contributed by atoms with Gasteiger partial charge >= 0.3 is 15.6 Å². The first-order valence-electron chi connectivity index (χ1n) is 3.92. The smallest absolute Gasteiger partial charge is 0.258 e. The van der Waals surface area contributed by atoms with Gasteiger partial charge in [-0.15, -0.1) is 0 Å². The average Bonchev–Trinajstić information content (AvgIpc) is 2.15. The van der Waals surface area contributed by atoms with Crippen molar-refractivity contribution in [3.05, 3.63) is 34.9 Å². The lowest BCUT2D eigenvalue weighted by molar-refractivity contribution is -0.0547. The predicted molar refractivity (Wildman–Crippen MR) is 51.2 cm³/mol. The minimum Gasteiger partial charge on any atom is -0.258 e. The van der Waals surface area contributed by atoms with Crippen molar-refractivity contribution in [1.29, 1.82) is 0 Å². The highest BCUT2D eigenvalue weighted by Gasteiger charge is 2.47. The Hall–Kier alpha value is -0.790. The molecule has 0 atom stereocenters. The third kappa shape index (κ3) is 3.36. The SMILES string of the molecule is O=S(=O)(OCc1ccc(Cl)cc1)C(F)(F)F. The van der Waals surface area contributed by atoms with E-state index in [0.717, 1.165) is 0 Å². The van der Waals surface area contributed by atoms with Gasteiger partial charge in [0.1, 0.15) is 0 Å². The molecule has 8 heteroatoms. The molecule has 0 aliphatic rings. The van der Waals surface area contributed by atoms with E-state index in [0.29, 0.717) is 5.02 Å². The third-order valence-electron chi connectivity index (χ3n) is 1.58.